The molecule has 0 saturated heterocycles. The van der Waals surface area contributed by atoms with E-state index < -0.39 is 0 Å². The minimum absolute atomic E-state index is 0.918. The zero-order valence-corrected chi connectivity index (χ0v) is 11.5. The molecule has 0 unspecified atom stereocenters. The van der Waals surface area contributed by atoms with Gasteiger partial charge in [0.05, 0.1) is 5.01 Å². The molecular weight excluding hydrogens is 236 g/mol. The summed E-state index contributed by atoms with van der Waals surface area (Å²) in [7, 11) is 0. The second-order valence-corrected chi connectivity index (χ2v) is 6.56. The van der Waals surface area contributed by atoms with Crippen LogP contribution in [0.3, 0.4) is 0 Å². The van der Waals surface area contributed by atoms with Crippen molar-refractivity contribution >= 4 is 22.7 Å². The largest absolute Gasteiger partial charge is 0.307 e. The highest BCUT2D eigenvalue weighted by Crippen LogP contribution is 2.20. The molecule has 0 aliphatic carbocycles. The Morgan fingerprint density at radius 3 is 2.44 bits per heavy atom. The fourth-order valence-electron chi connectivity index (χ4n) is 1.53. The summed E-state index contributed by atoms with van der Waals surface area (Å²) in [5.74, 6) is 0. The number of rotatable bonds is 4. The lowest BCUT2D eigenvalue weighted by molar-refractivity contribution is 0.707. The van der Waals surface area contributed by atoms with Crippen LogP contribution in [0.15, 0.2) is 12.3 Å². The zero-order chi connectivity index (χ0) is 11.5. The molecule has 0 spiro atoms. The van der Waals surface area contributed by atoms with Crippen LogP contribution in [0.25, 0.3) is 0 Å². The van der Waals surface area contributed by atoms with E-state index in [1.807, 2.05) is 24.5 Å². The molecule has 2 rings (SSSR count). The van der Waals surface area contributed by atoms with E-state index in [1.165, 1.54) is 20.2 Å². The van der Waals surface area contributed by atoms with Gasteiger partial charge in [0.2, 0.25) is 0 Å². The van der Waals surface area contributed by atoms with Gasteiger partial charge in [-0.2, -0.15) is 0 Å². The zero-order valence-electron chi connectivity index (χ0n) is 9.83. The Bertz CT molecular complexity index is 452. The molecule has 0 amide bonds. The van der Waals surface area contributed by atoms with Crippen LogP contribution in [0.5, 0.6) is 0 Å². The first-order valence-electron chi connectivity index (χ1n) is 5.33. The van der Waals surface area contributed by atoms with Crippen molar-refractivity contribution in [1.29, 1.82) is 0 Å². The standard InChI is InChI=1S/C12H16N2S2/c1-8-4-11(15-9(8)2)5-13-6-12-7-14-10(3)16-12/h4,7,13H,5-6H2,1-3H3. The fourth-order valence-corrected chi connectivity index (χ4v) is 3.32. The van der Waals surface area contributed by atoms with Gasteiger partial charge in [-0.15, -0.1) is 22.7 Å². The van der Waals surface area contributed by atoms with Crippen LogP contribution in [0.2, 0.25) is 0 Å². The molecule has 4 heteroatoms. The number of nitrogens with zero attached hydrogens (tertiary/aromatic N) is 1. The van der Waals surface area contributed by atoms with Gasteiger partial charge in [-0.3, -0.25) is 0 Å². The van der Waals surface area contributed by atoms with E-state index in [9.17, 15) is 0 Å². The van der Waals surface area contributed by atoms with Gasteiger partial charge in [-0.25, -0.2) is 4.98 Å². The Morgan fingerprint density at radius 2 is 1.88 bits per heavy atom. The fraction of sp³-hybridized carbons (Fsp3) is 0.417. The molecule has 0 fully saturated rings. The van der Waals surface area contributed by atoms with Gasteiger partial charge in [0.25, 0.3) is 0 Å². The van der Waals surface area contributed by atoms with Crippen LogP contribution in [0, 0.1) is 20.8 Å². The van der Waals surface area contributed by atoms with Crippen molar-refractivity contribution in [3.63, 3.8) is 0 Å². The molecule has 0 aliphatic heterocycles. The van der Waals surface area contributed by atoms with Gasteiger partial charge in [-0.05, 0) is 32.4 Å². The maximum absolute atomic E-state index is 4.24. The van der Waals surface area contributed by atoms with Crippen LogP contribution < -0.4 is 5.32 Å². The van der Waals surface area contributed by atoms with Gasteiger partial charge in [0.1, 0.15) is 0 Å². The van der Waals surface area contributed by atoms with E-state index in [0.717, 1.165) is 18.1 Å². The third-order valence-corrected chi connectivity index (χ3v) is 4.55. The number of hydrogen-bond donors (Lipinski definition) is 1. The van der Waals surface area contributed by atoms with E-state index >= 15 is 0 Å². The van der Waals surface area contributed by atoms with Crippen molar-refractivity contribution < 1.29 is 0 Å². The highest BCUT2D eigenvalue weighted by atomic mass is 32.1. The molecule has 2 heterocycles. The number of aromatic nitrogens is 1. The number of thiazole rings is 1. The smallest absolute Gasteiger partial charge is 0.0897 e. The Hall–Kier alpha value is -0.710. The average Bonchev–Trinajstić information content (AvgIpc) is 2.75. The summed E-state index contributed by atoms with van der Waals surface area (Å²) < 4.78 is 0. The Morgan fingerprint density at radius 1 is 1.12 bits per heavy atom. The molecule has 0 aromatic carbocycles. The SMILES string of the molecule is Cc1ncc(CNCc2cc(C)c(C)s2)s1. The molecule has 1 N–H and O–H groups in total. The first-order chi connectivity index (χ1) is 7.65. The summed E-state index contributed by atoms with van der Waals surface area (Å²) in [4.78, 5) is 8.38. The molecular formula is C12H16N2S2. The number of aryl methyl sites for hydroxylation is 3. The summed E-state index contributed by atoms with van der Waals surface area (Å²) in [6.45, 7) is 8.26. The maximum atomic E-state index is 4.24. The van der Waals surface area contributed by atoms with E-state index in [1.54, 1.807) is 11.3 Å². The lowest BCUT2D eigenvalue weighted by Gasteiger charge is -1.99. The second-order valence-electron chi connectivity index (χ2n) is 3.90. The van der Waals surface area contributed by atoms with E-state index in [2.05, 4.69) is 30.2 Å². The quantitative estimate of drug-likeness (QED) is 0.902. The van der Waals surface area contributed by atoms with E-state index in [-0.39, 0.29) is 0 Å². The third-order valence-electron chi connectivity index (χ3n) is 2.48. The monoisotopic (exact) mass is 252 g/mol. The molecule has 86 valence electrons. The minimum Gasteiger partial charge on any atom is -0.307 e. The summed E-state index contributed by atoms with van der Waals surface area (Å²) in [6.07, 6.45) is 1.96. The van der Waals surface area contributed by atoms with Crippen LogP contribution in [-0.4, -0.2) is 4.98 Å². The second kappa shape index (κ2) is 5.08. The molecule has 16 heavy (non-hydrogen) atoms. The average molecular weight is 252 g/mol. The normalized spacial score (nSPS) is 10.9. The molecule has 2 aromatic heterocycles. The first kappa shape index (κ1) is 11.8. The van der Waals surface area contributed by atoms with Crippen molar-refractivity contribution in [3.05, 3.63) is 37.5 Å². The van der Waals surface area contributed by atoms with Crippen LogP contribution in [-0.2, 0) is 13.1 Å². The number of thiophene rings is 1. The summed E-state index contributed by atoms with van der Waals surface area (Å²) >= 11 is 3.64. The molecule has 0 radical (unpaired) electrons. The molecule has 0 atom stereocenters. The first-order valence-corrected chi connectivity index (χ1v) is 6.96. The Labute approximate surface area is 104 Å². The van der Waals surface area contributed by atoms with Crippen molar-refractivity contribution in [3.8, 4) is 0 Å². The van der Waals surface area contributed by atoms with Gasteiger partial charge in [-0.1, -0.05) is 0 Å². The summed E-state index contributed by atoms with van der Waals surface area (Å²) in [5.41, 5.74) is 1.40. The topological polar surface area (TPSA) is 24.9 Å². The maximum Gasteiger partial charge on any atom is 0.0897 e. The summed E-state index contributed by atoms with van der Waals surface area (Å²) in [6, 6.07) is 2.27. The van der Waals surface area contributed by atoms with Crippen LogP contribution in [0.1, 0.15) is 25.2 Å². The molecule has 0 aliphatic rings. The third kappa shape index (κ3) is 2.90. The number of hydrogen-bond acceptors (Lipinski definition) is 4. The molecule has 0 bridgehead atoms. The lowest BCUT2D eigenvalue weighted by Crippen LogP contribution is -2.10. The number of nitrogens with one attached hydrogen (secondary N) is 1. The highest BCUT2D eigenvalue weighted by Gasteiger charge is 2.02. The van der Waals surface area contributed by atoms with Gasteiger partial charge in [0.15, 0.2) is 0 Å². The van der Waals surface area contributed by atoms with Crippen molar-refractivity contribution in [2.75, 3.05) is 0 Å². The Balaban J connectivity index is 1.84. The van der Waals surface area contributed by atoms with Gasteiger partial charge < -0.3 is 5.32 Å². The van der Waals surface area contributed by atoms with Crippen molar-refractivity contribution in [1.82, 2.24) is 10.3 Å². The summed E-state index contributed by atoms with van der Waals surface area (Å²) in [5, 5.41) is 4.59. The van der Waals surface area contributed by atoms with Crippen LogP contribution >= 0.6 is 22.7 Å². The minimum atomic E-state index is 0.918. The van der Waals surface area contributed by atoms with E-state index in [4.69, 9.17) is 0 Å². The molecule has 2 aromatic rings. The predicted molar refractivity (Wildman–Crippen MR) is 71.2 cm³/mol. The molecule has 2 nitrogen and oxygen atoms in total. The van der Waals surface area contributed by atoms with Crippen LogP contribution in [0.4, 0.5) is 0 Å². The van der Waals surface area contributed by atoms with Gasteiger partial charge >= 0.3 is 0 Å². The Kier molecular flexibility index (Phi) is 3.74. The van der Waals surface area contributed by atoms with Gasteiger partial charge in [0, 0.05) is 33.9 Å². The van der Waals surface area contributed by atoms with Crippen molar-refractivity contribution in [2.24, 2.45) is 0 Å². The molecule has 0 saturated carbocycles. The predicted octanol–water partition coefficient (Wildman–Crippen LogP) is 3.42. The van der Waals surface area contributed by atoms with Crippen molar-refractivity contribution in [2.45, 2.75) is 33.9 Å². The highest BCUT2D eigenvalue weighted by molar-refractivity contribution is 7.12. The van der Waals surface area contributed by atoms with E-state index in [0.29, 0.717) is 0 Å². The lowest BCUT2D eigenvalue weighted by atomic mass is 10.3.